The Kier molecular flexibility index (Phi) is 6.66. The molecule has 1 fully saturated rings. The van der Waals surface area contributed by atoms with E-state index in [1.54, 1.807) is 25.3 Å². The lowest BCUT2D eigenvalue weighted by molar-refractivity contribution is -0.126. The average molecular weight is 473 g/mol. The predicted molar refractivity (Wildman–Crippen MR) is 122 cm³/mol. The van der Waals surface area contributed by atoms with E-state index in [0.29, 0.717) is 49.4 Å². The van der Waals surface area contributed by atoms with Crippen molar-refractivity contribution in [2.24, 2.45) is 5.92 Å². The van der Waals surface area contributed by atoms with Crippen molar-refractivity contribution >= 4 is 27.5 Å². The van der Waals surface area contributed by atoms with Crippen LogP contribution in [-0.2, 0) is 26.2 Å². The number of nitrogens with one attached hydrogen (secondary N) is 2. The number of amides is 2. The Morgan fingerprint density at radius 1 is 1.33 bits per heavy atom. The van der Waals surface area contributed by atoms with Crippen molar-refractivity contribution in [2.45, 2.75) is 50.7 Å². The molecule has 0 bridgehead atoms. The van der Waals surface area contributed by atoms with Gasteiger partial charge in [0.05, 0.1) is 28.7 Å². The summed E-state index contributed by atoms with van der Waals surface area (Å²) in [6.45, 7) is 4.27. The maximum atomic E-state index is 13.5. The van der Waals surface area contributed by atoms with E-state index in [-0.39, 0.29) is 23.3 Å². The molecule has 0 spiro atoms. The minimum Gasteiger partial charge on any atom is -0.478 e. The molecule has 33 heavy (non-hydrogen) atoms. The van der Waals surface area contributed by atoms with E-state index in [9.17, 15) is 18.0 Å². The van der Waals surface area contributed by atoms with Crippen molar-refractivity contribution in [2.75, 3.05) is 18.4 Å². The molecule has 1 saturated heterocycles. The number of piperidine rings is 1. The Bertz CT molecular complexity index is 1150. The number of rotatable bonds is 6. The molecule has 1 aromatic heterocycles. The summed E-state index contributed by atoms with van der Waals surface area (Å²) in [5.74, 6) is -0.516. The van der Waals surface area contributed by atoms with Gasteiger partial charge >= 0.3 is 0 Å². The molecule has 2 N–H and O–H groups in total. The largest absolute Gasteiger partial charge is 0.478 e. The smallest absolute Gasteiger partial charge is 0.265 e. The monoisotopic (exact) mass is 472 g/mol. The normalized spacial score (nSPS) is 21.0. The van der Waals surface area contributed by atoms with E-state index >= 15 is 0 Å². The second kappa shape index (κ2) is 9.48. The van der Waals surface area contributed by atoms with Gasteiger partial charge in [-0.25, -0.2) is 8.42 Å². The van der Waals surface area contributed by atoms with Gasteiger partial charge in [-0.3, -0.25) is 14.6 Å². The SMILES string of the molecule is CC[C@@H]1Oc2cc(S(=O)(=O)N3CCC[C@H](C(=O)NCc4ccccn4)C3)c(C)cc2NC1=O. The zero-order valence-corrected chi connectivity index (χ0v) is 19.5. The molecule has 0 unspecified atom stereocenters. The maximum Gasteiger partial charge on any atom is 0.265 e. The van der Waals surface area contributed by atoms with Crippen LogP contribution < -0.4 is 15.4 Å². The van der Waals surface area contributed by atoms with Crippen LogP contribution in [0, 0.1) is 12.8 Å². The topological polar surface area (TPSA) is 118 Å². The number of pyridine rings is 1. The van der Waals surface area contributed by atoms with Crippen molar-refractivity contribution in [3.05, 3.63) is 47.8 Å². The van der Waals surface area contributed by atoms with E-state index in [1.165, 1.54) is 10.4 Å². The molecule has 9 nitrogen and oxygen atoms in total. The van der Waals surface area contributed by atoms with Crippen molar-refractivity contribution in [1.82, 2.24) is 14.6 Å². The number of aromatic nitrogens is 1. The number of carbonyl (C=O) groups is 2. The molecule has 2 atom stereocenters. The summed E-state index contributed by atoms with van der Waals surface area (Å²) in [4.78, 5) is 29.1. The lowest BCUT2D eigenvalue weighted by atomic mass is 9.99. The Labute approximate surface area is 193 Å². The molecular weight excluding hydrogens is 444 g/mol. The van der Waals surface area contributed by atoms with Crippen molar-refractivity contribution in [3.63, 3.8) is 0 Å². The standard InChI is InChI=1S/C23H28N4O5S/c1-3-19-23(29)26-18-11-15(2)21(12-20(18)32-19)33(30,31)27-10-6-7-16(14-27)22(28)25-13-17-8-4-5-9-24-17/h4-5,8-9,11-12,16,19H,3,6-7,10,13-14H2,1-2H3,(H,25,28)(H,26,29)/t16-,19-/m0/s1. The fourth-order valence-electron chi connectivity index (χ4n) is 4.17. The summed E-state index contributed by atoms with van der Waals surface area (Å²) >= 11 is 0. The molecule has 1 aromatic carbocycles. The molecule has 2 amide bonds. The summed E-state index contributed by atoms with van der Waals surface area (Å²) in [5, 5.41) is 5.64. The number of nitrogens with zero attached hydrogens (tertiary/aromatic N) is 2. The van der Waals surface area contributed by atoms with Crippen LogP contribution in [0.1, 0.15) is 37.4 Å². The zero-order valence-electron chi connectivity index (χ0n) is 18.7. The summed E-state index contributed by atoms with van der Waals surface area (Å²) in [6, 6.07) is 8.58. The summed E-state index contributed by atoms with van der Waals surface area (Å²) < 4.78 is 34.1. The van der Waals surface area contributed by atoms with Gasteiger partial charge in [0.1, 0.15) is 5.75 Å². The Hall–Kier alpha value is -2.98. The molecule has 0 saturated carbocycles. The number of benzene rings is 1. The predicted octanol–water partition coefficient (Wildman–Crippen LogP) is 2.22. The van der Waals surface area contributed by atoms with Crippen molar-refractivity contribution in [3.8, 4) is 5.75 Å². The molecule has 10 heteroatoms. The molecule has 0 radical (unpaired) electrons. The van der Waals surface area contributed by atoms with Gasteiger partial charge in [0.2, 0.25) is 15.9 Å². The van der Waals surface area contributed by atoms with Gasteiger partial charge in [-0.15, -0.1) is 0 Å². The number of ether oxygens (including phenoxy) is 1. The molecule has 2 aliphatic heterocycles. The minimum atomic E-state index is -3.85. The Morgan fingerprint density at radius 2 is 2.15 bits per heavy atom. The highest BCUT2D eigenvalue weighted by atomic mass is 32.2. The van der Waals surface area contributed by atoms with E-state index in [1.807, 2.05) is 19.1 Å². The van der Waals surface area contributed by atoms with E-state index in [4.69, 9.17) is 4.74 Å². The van der Waals surface area contributed by atoms with Crippen LogP contribution in [0.4, 0.5) is 5.69 Å². The Morgan fingerprint density at radius 3 is 2.88 bits per heavy atom. The van der Waals surface area contributed by atoms with Crippen LogP contribution in [0.15, 0.2) is 41.4 Å². The second-order valence-electron chi connectivity index (χ2n) is 8.36. The third-order valence-corrected chi connectivity index (χ3v) is 8.02. The lowest BCUT2D eigenvalue weighted by Crippen LogP contribution is -2.45. The van der Waals surface area contributed by atoms with Crippen LogP contribution in [0.3, 0.4) is 0 Å². The average Bonchev–Trinajstić information content (AvgIpc) is 2.82. The summed E-state index contributed by atoms with van der Waals surface area (Å²) in [7, 11) is -3.85. The molecule has 4 rings (SSSR count). The molecule has 2 aliphatic rings. The highest BCUT2D eigenvalue weighted by Crippen LogP contribution is 2.36. The first-order chi connectivity index (χ1) is 15.8. The van der Waals surface area contributed by atoms with Crippen LogP contribution in [0.5, 0.6) is 5.75 Å². The summed E-state index contributed by atoms with van der Waals surface area (Å²) in [6.07, 6.45) is 2.70. The molecule has 0 aliphatic carbocycles. The zero-order chi connectivity index (χ0) is 23.6. The summed E-state index contributed by atoms with van der Waals surface area (Å²) in [5.41, 5.74) is 1.72. The van der Waals surface area contributed by atoms with Gasteiger partial charge in [-0.1, -0.05) is 13.0 Å². The highest BCUT2D eigenvalue weighted by molar-refractivity contribution is 7.89. The number of hydrogen-bond acceptors (Lipinski definition) is 6. The quantitative estimate of drug-likeness (QED) is 0.666. The van der Waals surface area contributed by atoms with Crippen LogP contribution in [0.2, 0.25) is 0 Å². The van der Waals surface area contributed by atoms with Gasteiger partial charge in [0.15, 0.2) is 6.10 Å². The van der Waals surface area contributed by atoms with Gasteiger partial charge in [0, 0.05) is 25.4 Å². The van der Waals surface area contributed by atoms with E-state index < -0.39 is 22.0 Å². The maximum absolute atomic E-state index is 13.5. The third-order valence-electron chi connectivity index (χ3n) is 6.01. The fraction of sp³-hybridized carbons (Fsp3) is 0.435. The first-order valence-electron chi connectivity index (χ1n) is 11.1. The van der Waals surface area contributed by atoms with Crippen LogP contribution >= 0.6 is 0 Å². The molecule has 2 aromatic rings. The van der Waals surface area contributed by atoms with Crippen molar-refractivity contribution in [1.29, 1.82) is 0 Å². The fourth-order valence-corrected chi connectivity index (χ4v) is 5.92. The Balaban J connectivity index is 1.50. The first kappa shape index (κ1) is 23.2. The third kappa shape index (κ3) is 4.86. The number of fused-ring (bicyclic) bond motifs is 1. The lowest BCUT2D eigenvalue weighted by Gasteiger charge is -2.32. The second-order valence-corrected chi connectivity index (χ2v) is 10.3. The van der Waals surface area contributed by atoms with Crippen LogP contribution in [-0.4, -0.2) is 48.7 Å². The van der Waals surface area contributed by atoms with Gasteiger partial charge in [-0.2, -0.15) is 4.31 Å². The van der Waals surface area contributed by atoms with Gasteiger partial charge < -0.3 is 15.4 Å². The molecule has 3 heterocycles. The van der Waals surface area contributed by atoms with Gasteiger partial charge in [0.25, 0.3) is 5.91 Å². The van der Waals surface area contributed by atoms with E-state index in [2.05, 4.69) is 15.6 Å². The minimum absolute atomic E-state index is 0.113. The highest BCUT2D eigenvalue weighted by Gasteiger charge is 2.35. The van der Waals surface area contributed by atoms with E-state index in [0.717, 1.165) is 5.69 Å². The number of hydrogen-bond donors (Lipinski definition) is 2. The van der Waals surface area contributed by atoms with Gasteiger partial charge in [-0.05, 0) is 49.9 Å². The number of anilines is 1. The molecule has 176 valence electrons. The number of aryl methyl sites for hydroxylation is 1. The number of sulfonamides is 1. The number of carbonyl (C=O) groups excluding carboxylic acids is 2. The van der Waals surface area contributed by atoms with Crippen LogP contribution in [0.25, 0.3) is 0 Å². The van der Waals surface area contributed by atoms with Crippen molar-refractivity contribution < 1.29 is 22.7 Å². The molecular formula is C23H28N4O5S. The first-order valence-corrected chi connectivity index (χ1v) is 12.5.